The second-order valence-electron chi connectivity index (χ2n) is 7.32. The third kappa shape index (κ3) is 3.25. The fourth-order valence-electron chi connectivity index (χ4n) is 3.88. The number of rotatable bonds is 4. The van der Waals surface area contributed by atoms with Crippen molar-refractivity contribution in [1.82, 2.24) is 15.1 Å². The van der Waals surface area contributed by atoms with Gasteiger partial charge in [0.25, 0.3) is 0 Å². The number of hydrogen-bond donors (Lipinski definition) is 1. The summed E-state index contributed by atoms with van der Waals surface area (Å²) in [6, 6.07) is 9.51. The maximum atomic E-state index is 12.7. The highest BCUT2D eigenvalue weighted by Crippen LogP contribution is 2.48. The maximum absolute atomic E-state index is 12.7. The van der Waals surface area contributed by atoms with Crippen LogP contribution in [-0.4, -0.2) is 40.1 Å². The van der Waals surface area contributed by atoms with Crippen molar-refractivity contribution in [2.24, 2.45) is 5.41 Å². The molecule has 6 nitrogen and oxygen atoms in total. The first-order valence-electron chi connectivity index (χ1n) is 9.10. The van der Waals surface area contributed by atoms with Crippen LogP contribution in [0.4, 0.5) is 6.01 Å². The summed E-state index contributed by atoms with van der Waals surface area (Å²) in [5.74, 6) is 0.557. The summed E-state index contributed by atoms with van der Waals surface area (Å²) < 4.78 is 5.63. The lowest BCUT2D eigenvalue weighted by molar-refractivity contribution is -0.135. The molecule has 4 rings (SSSR count). The molecule has 2 heterocycles. The molecule has 1 N–H and O–H groups in total. The average Bonchev–Trinajstić information content (AvgIpc) is 3.09. The molecule has 2 aliphatic rings. The molecule has 1 atom stereocenters. The first-order chi connectivity index (χ1) is 12.2. The molecule has 1 aromatic heterocycles. The van der Waals surface area contributed by atoms with E-state index in [1.54, 1.807) is 0 Å². The Labute approximate surface area is 147 Å². The minimum absolute atomic E-state index is 0.105. The lowest BCUT2D eigenvalue weighted by atomic mass is 9.63. The Morgan fingerprint density at radius 3 is 2.52 bits per heavy atom. The normalized spacial score (nSPS) is 20.1. The summed E-state index contributed by atoms with van der Waals surface area (Å²) in [5.41, 5.74) is 1.41. The number of likely N-dealkylation sites (tertiary alicyclic amines) is 1. The van der Waals surface area contributed by atoms with Gasteiger partial charge < -0.3 is 14.6 Å². The number of hydrogen-bond acceptors (Lipinski definition) is 5. The van der Waals surface area contributed by atoms with E-state index in [-0.39, 0.29) is 18.0 Å². The van der Waals surface area contributed by atoms with Gasteiger partial charge in [0.15, 0.2) is 0 Å². The summed E-state index contributed by atoms with van der Waals surface area (Å²) in [4.78, 5) is 14.6. The lowest BCUT2D eigenvalue weighted by Crippen LogP contribution is -2.49. The Morgan fingerprint density at radius 2 is 1.88 bits per heavy atom. The van der Waals surface area contributed by atoms with Crippen LogP contribution in [0.15, 0.2) is 34.7 Å². The summed E-state index contributed by atoms with van der Waals surface area (Å²) in [5, 5.41) is 11.1. The van der Waals surface area contributed by atoms with Gasteiger partial charge in [0, 0.05) is 18.7 Å². The van der Waals surface area contributed by atoms with Crippen LogP contribution in [-0.2, 0) is 4.79 Å². The van der Waals surface area contributed by atoms with E-state index in [9.17, 15) is 4.79 Å². The lowest BCUT2D eigenvalue weighted by Gasteiger charge is -2.48. The predicted octanol–water partition coefficient (Wildman–Crippen LogP) is 3.33. The van der Waals surface area contributed by atoms with Crippen molar-refractivity contribution in [3.8, 4) is 11.5 Å². The van der Waals surface area contributed by atoms with Gasteiger partial charge in [-0.05, 0) is 50.2 Å². The number of amides is 1. The van der Waals surface area contributed by atoms with Crippen LogP contribution in [0.25, 0.3) is 11.5 Å². The van der Waals surface area contributed by atoms with Crippen LogP contribution in [0, 0.1) is 5.41 Å². The van der Waals surface area contributed by atoms with Crippen LogP contribution >= 0.6 is 0 Å². The zero-order valence-corrected chi connectivity index (χ0v) is 14.6. The van der Waals surface area contributed by atoms with Gasteiger partial charge in [-0.3, -0.25) is 4.79 Å². The Balaban J connectivity index is 1.35. The molecule has 1 saturated heterocycles. The third-order valence-electron chi connectivity index (χ3n) is 5.71. The number of nitrogens with one attached hydrogen (secondary N) is 1. The number of anilines is 1. The first-order valence-corrected chi connectivity index (χ1v) is 9.10. The van der Waals surface area contributed by atoms with Gasteiger partial charge in [-0.2, -0.15) is 0 Å². The predicted molar refractivity (Wildman–Crippen MR) is 94.9 cm³/mol. The molecular weight excluding hydrogens is 316 g/mol. The second-order valence-corrected chi connectivity index (χ2v) is 7.32. The Hall–Kier alpha value is -2.37. The van der Waals surface area contributed by atoms with E-state index in [1.807, 2.05) is 42.2 Å². The Kier molecular flexibility index (Phi) is 4.19. The average molecular weight is 340 g/mol. The van der Waals surface area contributed by atoms with Gasteiger partial charge in [-0.1, -0.05) is 29.7 Å². The minimum atomic E-state index is -0.375. The molecule has 0 bridgehead atoms. The molecule has 1 spiro atoms. The number of benzene rings is 1. The van der Waals surface area contributed by atoms with E-state index in [2.05, 4.69) is 15.5 Å². The number of piperidine rings is 1. The topological polar surface area (TPSA) is 71.3 Å². The van der Waals surface area contributed by atoms with Crippen LogP contribution in [0.5, 0.6) is 0 Å². The smallest absolute Gasteiger partial charge is 0.316 e. The molecule has 2 fully saturated rings. The third-order valence-corrected chi connectivity index (χ3v) is 5.71. The van der Waals surface area contributed by atoms with E-state index < -0.39 is 0 Å². The van der Waals surface area contributed by atoms with Gasteiger partial charge in [0.1, 0.15) is 6.04 Å². The SMILES string of the molecule is CC(Nc1nnc(-c2ccccc2)o1)C(=O)N1CCC2(CCC2)CC1. The van der Waals surface area contributed by atoms with Crippen molar-refractivity contribution < 1.29 is 9.21 Å². The van der Waals surface area contributed by atoms with Gasteiger partial charge >= 0.3 is 6.01 Å². The molecule has 25 heavy (non-hydrogen) atoms. The summed E-state index contributed by atoms with van der Waals surface area (Å²) in [6.45, 7) is 3.58. The van der Waals surface area contributed by atoms with Gasteiger partial charge in [-0.25, -0.2) is 0 Å². The van der Waals surface area contributed by atoms with Gasteiger partial charge in [0.05, 0.1) is 0 Å². The highest BCUT2D eigenvalue weighted by atomic mass is 16.4. The molecule has 0 radical (unpaired) electrons. The highest BCUT2D eigenvalue weighted by molar-refractivity contribution is 5.83. The molecule has 6 heteroatoms. The monoisotopic (exact) mass is 340 g/mol. The zero-order valence-electron chi connectivity index (χ0n) is 14.6. The molecule has 2 aromatic rings. The summed E-state index contributed by atoms with van der Waals surface area (Å²) >= 11 is 0. The molecule has 1 saturated carbocycles. The standard InChI is InChI=1S/C19H24N4O2/c1-14(17(24)23-12-10-19(11-13-23)8-5-9-19)20-18-22-21-16(25-18)15-6-3-2-4-7-15/h2-4,6-7,14H,5,8-13H2,1H3,(H,20,22). The largest absolute Gasteiger partial charge is 0.403 e. The molecule has 132 valence electrons. The van der Waals surface area contributed by atoms with Crippen LogP contribution in [0.2, 0.25) is 0 Å². The fraction of sp³-hybridized carbons (Fsp3) is 0.526. The number of nitrogens with zero attached hydrogens (tertiary/aromatic N) is 3. The van der Waals surface area contributed by atoms with Gasteiger partial charge in [-0.15, -0.1) is 5.10 Å². The number of carbonyl (C=O) groups excluding carboxylic acids is 1. The van der Waals surface area contributed by atoms with E-state index in [4.69, 9.17) is 4.42 Å². The quantitative estimate of drug-likeness (QED) is 0.924. The first kappa shape index (κ1) is 16.1. The highest BCUT2D eigenvalue weighted by Gasteiger charge is 2.40. The van der Waals surface area contributed by atoms with Crippen molar-refractivity contribution >= 4 is 11.9 Å². The summed E-state index contributed by atoms with van der Waals surface area (Å²) in [7, 11) is 0. The molecule has 1 aliphatic carbocycles. The van der Waals surface area contributed by atoms with E-state index >= 15 is 0 Å². The van der Waals surface area contributed by atoms with E-state index in [0.29, 0.717) is 11.3 Å². The van der Waals surface area contributed by atoms with Crippen LogP contribution in [0.1, 0.15) is 39.0 Å². The molecule has 1 amide bonds. The fourth-order valence-corrected chi connectivity index (χ4v) is 3.88. The minimum Gasteiger partial charge on any atom is -0.403 e. The maximum Gasteiger partial charge on any atom is 0.316 e. The van der Waals surface area contributed by atoms with Crippen molar-refractivity contribution in [3.63, 3.8) is 0 Å². The Bertz CT molecular complexity index is 729. The van der Waals surface area contributed by atoms with Crippen molar-refractivity contribution in [1.29, 1.82) is 0 Å². The molecule has 1 aliphatic heterocycles. The number of carbonyl (C=O) groups is 1. The molecule has 1 unspecified atom stereocenters. The second kappa shape index (κ2) is 6.50. The van der Waals surface area contributed by atoms with Crippen molar-refractivity contribution in [2.75, 3.05) is 18.4 Å². The van der Waals surface area contributed by atoms with E-state index in [0.717, 1.165) is 31.5 Å². The van der Waals surface area contributed by atoms with Crippen LogP contribution < -0.4 is 5.32 Å². The molecular formula is C19H24N4O2. The molecule has 1 aromatic carbocycles. The number of aromatic nitrogens is 2. The van der Waals surface area contributed by atoms with Gasteiger partial charge in [0.2, 0.25) is 11.8 Å². The Morgan fingerprint density at radius 1 is 1.16 bits per heavy atom. The summed E-state index contributed by atoms with van der Waals surface area (Å²) in [6.07, 6.45) is 6.32. The van der Waals surface area contributed by atoms with Crippen LogP contribution in [0.3, 0.4) is 0 Å². The van der Waals surface area contributed by atoms with E-state index in [1.165, 1.54) is 19.3 Å². The van der Waals surface area contributed by atoms with Crippen molar-refractivity contribution in [2.45, 2.75) is 45.1 Å². The van der Waals surface area contributed by atoms with Crippen molar-refractivity contribution in [3.05, 3.63) is 30.3 Å². The zero-order chi connectivity index (χ0) is 17.3.